The number of amides is 1. The Kier molecular flexibility index (Phi) is 5.40. The van der Waals surface area contributed by atoms with Crippen molar-refractivity contribution < 1.29 is 9.21 Å². The van der Waals surface area contributed by atoms with Crippen LogP contribution in [0.2, 0.25) is 5.02 Å². The van der Waals surface area contributed by atoms with E-state index >= 15 is 0 Å². The van der Waals surface area contributed by atoms with E-state index in [2.05, 4.69) is 5.32 Å². The predicted molar refractivity (Wildman–Crippen MR) is 103 cm³/mol. The van der Waals surface area contributed by atoms with Crippen molar-refractivity contribution in [2.45, 2.75) is 6.04 Å². The molecule has 0 aliphatic carbocycles. The maximum absolute atomic E-state index is 12.5. The standard InChI is InChI=1S/C20H19ClN2O3/c1-23(2)17(14-8-4-5-9-16(14)21)12-22-19(24)15-11-13-7-3-6-10-18(13)26-20(15)25/h3-11,17H,12H2,1-2H3,(H,22,24)/t17-/m1/s1. The summed E-state index contributed by atoms with van der Waals surface area (Å²) in [6.07, 6.45) is 0. The van der Waals surface area contributed by atoms with Crippen LogP contribution >= 0.6 is 11.6 Å². The molecular formula is C20H19ClN2O3. The Labute approximate surface area is 156 Å². The van der Waals surface area contributed by atoms with Crippen molar-refractivity contribution in [2.75, 3.05) is 20.6 Å². The Hall–Kier alpha value is -2.63. The number of hydrogen-bond acceptors (Lipinski definition) is 4. The molecule has 1 N–H and O–H groups in total. The Morgan fingerprint density at radius 3 is 2.58 bits per heavy atom. The number of para-hydroxylation sites is 1. The lowest BCUT2D eigenvalue weighted by Gasteiger charge is -2.25. The molecule has 0 saturated carbocycles. The van der Waals surface area contributed by atoms with E-state index in [1.54, 1.807) is 24.3 Å². The summed E-state index contributed by atoms with van der Waals surface area (Å²) in [5.41, 5.74) is 0.696. The predicted octanol–water partition coefficient (Wildman–Crippen LogP) is 3.48. The van der Waals surface area contributed by atoms with E-state index in [4.69, 9.17) is 16.0 Å². The topological polar surface area (TPSA) is 62.6 Å². The van der Waals surface area contributed by atoms with Crippen LogP contribution in [0.4, 0.5) is 0 Å². The molecule has 1 aromatic heterocycles. The van der Waals surface area contributed by atoms with Crippen molar-refractivity contribution in [1.29, 1.82) is 0 Å². The van der Waals surface area contributed by atoms with Crippen LogP contribution in [0.25, 0.3) is 11.0 Å². The van der Waals surface area contributed by atoms with Gasteiger partial charge in [-0.15, -0.1) is 0 Å². The zero-order valence-corrected chi connectivity index (χ0v) is 15.3. The zero-order valence-electron chi connectivity index (χ0n) is 14.5. The van der Waals surface area contributed by atoms with E-state index in [1.807, 2.05) is 49.3 Å². The SMILES string of the molecule is CN(C)[C@H](CNC(=O)c1cc2ccccc2oc1=O)c1ccccc1Cl. The van der Waals surface area contributed by atoms with Gasteiger partial charge in [0.05, 0.1) is 6.04 Å². The Morgan fingerprint density at radius 1 is 1.15 bits per heavy atom. The summed E-state index contributed by atoms with van der Waals surface area (Å²) in [5.74, 6) is -0.469. The van der Waals surface area contributed by atoms with Crippen LogP contribution in [0.1, 0.15) is 22.0 Å². The Balaban J connectivity index is 1.82. The van der Waals surface area contributed by atoms with E-state index in [9.17, 15) is 9.59 Å². The van der Waals surface area contributed by atoms with Crippen LogP contribution < -0.4 is 10.9 Å². The summed E-state index contributed by atoms with van der Waals surface area (Å²) in [6, 6.07) is 16.0. The fourth-order valence-corrected chi connectivity index (χ4v) is 3.08. The first-order chi connectivity index (χ1) is 12.5. The minimum absolute atomic E-state index is 0.0136. The normalized spacial score (nSPS) is 12.3. The third-order valence-corrected chi connectivity index (χ3v) is 4.57. The van der Waals surface area contributed by atoms with Gasteiger partial charge in [0.15, 0.2) is 0 Å². The van der Waals surface area contributed by atoms with E-state index in [1.165, 1.54) is 0 Å². The first-order valence-electron chi connectivity index (χ1n) is 8.19. The molecule has 26 heavy (non-hydrogen) atoms. The highest BCUT2D eigenvalue weighted by molar-refractivity contribution is 6.31. The van der Waals surface area contributed by atoms with E-state index < -0.39 is 11.5 Å². The number of fused-ring (bicyclic) bond motifs is 1. The number of likely N-dealkylation sites (N-methyl/N-ethyl adjacent to an activating group) is 1. The molecule has 1 amide bonds. The zero-order chi connectivity index (χ0) is 18.7. The van der Waals surface area contributed by atoms with Crippen LogP contribution in [-0.4, -0.2) is 31.4 Å². The van der Waals surface area contributed by atoms with Gasteiger partial charge < -0.3 is 14.6 Å². The number of nitrogens with zero attached hydrogens (tertiary/aromatic N) is 1. The molecule has 1 heterocycles. The molecule has 1 atom stereocenters. The fourth-order valence-electron chi connectivity index (χ4n) is 2.82. The van der Waals surface area contributed by atoms with Crippen molar-refractivity contribution in [3.05, 3.63) is 81.2 Å². The molecule has 5 nitrogen and oxygen atoms in total. The van der Waals surface area contributed by atoms with Crippen LogP contribution in [0.15, 0.2) is 63.8 Å². The van der Waals surface area contributed by atoms with Gasteiger partial charge in [-0.3, -0.25) is 4.79 Å². The first-order valence-corrected chi connectivity index (χ1v) is 8.57. The first kappa shape index (κ1) is 18.2. The van der Waals surface area contributed by atoms with Crippen molar-refractivity contribution >= 4 is 28.5 Å². The molecule has 3 rings (SSSR count). The number of halogens is 1. The van der Waals surface area contributed by atoms with Gasteiger partial charge in [0, 0.05) is 17.0 Å². The second-order valence-electron chi connectivity index (χ2n) is 6.20. The van der Waals surface area contributed by atoms with E-state index in [-0.39, 0.29) is 11.6 Å². The number of nitrogens with one attached hydrogen (secondary N) is 1. The van der Waals surface area contributed by atoms with Gasteiger partial charge in [-0.25, -0.2) is 4.79 Å². The summed E-state index contributed by atoms with van der Waals surface area (Å²) < 4.78 is 5.22. The molecule has 0 aliphatic heterocycles. The van der Waals surface area contributed by atoms with Gasteiger partial charge in [-0.05, 0) is 37.9 Å². The maximum atomic E-state index is 12.5. The molecule has 0 fully saturated rings. The molecule has 134 valence electrons. The molecule has 0 saturated heterocycles. The van der Waals surface area contributed by atoms with Gasteiger partial charge in [-0.1, -0.05) is 48.0 Å². The van der Waals surface area contributed by atoms with Gasteiger partial charge in [-0.2, -0.15) is 0 Å². The molecule has 3 aromatic rings. The largest absolute Gasteiger partial charge is 0.422 e. The number of rotatable bonds is 5. The third-order valence-electron chi connectivity index (χ3n) is 4.23. The van der Waals surface area contributed by atoms with Gasteiger partial charge in [0.1, 0.15) is 11.1 Å². The molecule has 2 aromatic carbocycles. The number of carbonyl (C=O) groups is 1. The molecule has 0 radical (unpaired) electrons. The summed E-state index contributed by atoms with van der Waals surface area (Å²) in [7, 11) is 3.81. The lowest BCUT2D eigenvalue weighted by Crippen LogP contribution is -2.36. The maximum Gasteiger partial charge on any atom is 0.349 e. The number of hydrogen-bond donors (Lipinski definition) is 1. The molecular weight excluding hydrogens is 352 g/mol. The van der Waals surface area contributed by atoms with Crippen molar-refractivity contribution in [2.24, 2.45) is 0 Å². The van der Waals surface area contributed by atoms with Gasteiger partial charge in [0.25, 0.3) is 5.91 Å². The fraction of sp³-hybridized carbons (Fsp3) is 0.200. The highest BCUT2D eigenvalue weighted by Crippen LogP contribution is 2.25. The summed E-state index contributed by atoms with van der Waals surface area (Å²) >= 11 is 6.28. The van der Waals surface area contributed by atoms with Crippen molar-refractivity contribution in [3.8, 4) is 0 Å². The molecule has 0 aliphatic rings. The van der Waals surface area contributed by atoms with Gasteiger partial charge >= 0.3 is 5.63 Å². The summed E-state index contributed by atoms with van der Waals surface area (Å²) in [4.78, 5) is 26.6. The van der Waals surface area contributed by atoms with Crippen LogP contribution in [0.5, 0.6) is 0 Å². The van der Waals surface area contributed by atoms with Crippen molar-refractivity contribution in [3.63, 3.8) is 0 Å². The minimum Gasteiger partial charge on any atom is -0.422 e. The lowest BCUT2D eigenvalue weighted by molar-refractivity contribution is 0.0938. The summed E-state index contributed by atoms with van der Waals surface area (Å²) in [6.45, 7) is 0.307. The Morgan fingerprint density at radius 2 is 1.85 bits per heavy atom. The average molecular weight is 371 g/mol. The second kappa shape index (κ2) is 7.72. The van der Waals surface area contributed by atoms with Crippen LogP contribution in [0, 0.1) is 0 Å². The highest BCUT2D eigenvalue weighted by atomic mass is 35.5. The number of carbonyl (C=O) groups excluding carboxylic acids is 1. The molecule has 0 spiro atoms. The lowest BCUT2D eigenvalue weighted by atomic mass is 10.1. The van der Waals surface area contributed by atoms with Gasteiger partial charge in [0.2, 0.25) is 0 Å². The average Bonchev–Trinajstić information content (AvgIpc) is 2.62. The summed E-state index contributed by atoms with van der Waals surface area (Å²) in [5, 5.41) is 4.14. The molecule has 0 bridgehead atoms. The smallest absolute Gasteiger partial charge is 0.349 e. The van der Waals surface area contributed by atoms with E-state index in [0.717, 1.165) is 5.56 Å². The van der Waals surface area contributed by atoms with Crippen LogP contribution in [0.3, 0.4) is 0 Å². The van der Waals surface area contributed by atoms with E-state index in [0.29, 0.717) is 22.5 Å². The van der Waals surface area contributed by atoms with Crippen LogP contribution in [-0.2, 0) is 0 Å². The quantitative estimate of drug-likeness (QED) is 0.698. The second-order valence-corrected chi connectivity index (χ2v) is 6.60. The molecule has 0 unspecified atom stereocenters. The third kappa shape index (κ3) is 3.79. The molecule has 6 heteroatoms. The minimum atomic E-state index is -0.652. The highest BCUT2D eigenvalue weighted by Gasteiger charge is 2.20. The van der Waals surface area contributed by atoms with Crippen molar-refractivity contribution in [1.82, 2.24) is 10.2 Å². The number of benzene rings is 2. The Bertz CT molecular complexity index is 998. The monoisotopic (exact) mass is 370 g/mol.